The molecule has 0 bridgehead atoms. The van der Waals surface area contributed by atoms with Gasteiger partial charge in [-0.3, -0.25) is 0 Å². The number of hydrogen-bond donors (Lipinski definition) is 2. The summed E-state index contributed by atoms with van der Waals surface area (Å²) in [7, 11) is 1.91. The van der Waals surface area contributed by atoms with E-state index in [1.54, 1.807) is 0 Å². The van der Waals surface area contributed by atoms with Crippen molar-refractivity contribution in [2.45, 2.75) is 6.54 Å². The SMILES string of the molecule is CNCc1c(OCCO)ccc2ccccc12. The van der Waals surface area contributed by atoms with Gasteiger partial charge < -0.3 is 15.2 Å². The van der Waals surface area contributed by atoms with Crippen LogP contribution in [0.3, 0.4) is 0 Å². The average molecular weight is 231 g/mol. The zero-order chi connectivity index (χ0) is 12.1. The Balaban J connectivity index is 2.47. The highest BCUT2D eigenvalue weighted by atomic mass is 16.5. The molecule has 0 unspecified atom stereocenters. The second-order valence-corrected chi connectivity index (χ2v) is 3.87. The summed E-state index contributed by atoms with van der Waals surface area (Å²) in [5.41, 5.74) is 1.14. The van der Waals surface area contributed by atoms with Gasteiger partial charge in [0.05, 0.1) is 6.61 Å². The van der Waals surface area contributed by atoms with E-state index in [0.29, 0.717) is 6.61 Å². The quantitative estimate of drug-likeness (QED) is 0.826. The third kappa shape index (κ3) is 2.57. The van der Waals surface area contributed by atoms with Crippen molar-refractivity contribution < 1.29 is 9.84 Å². The van der Waals surface area contributed by atoms with E-state index in [-0.39, 0.29) is 6.61 Å². The van der Waals surface area contributed by atoms with E-state index in [2.05, 4.69) is 17.4 Å². The maximum Gasteiger partial charge on any atom is 0.124 e. The summed E-state index contributed by atoms with van der Waals surface area (Å²) < 4.78 is 5.56. The Morgan fingerprint density at radius 3 is 2.76 bits per heavy atom. The molecule has 2 aromatic rings. The molecule has 0 fully saturated rings. The molecule has 0 radical (unpaired) electrons. The number of fused-ring (bicyclic) bond motifs is 1. The number of nitrogens with one attached hydrogen (secondary N) is 1. The molecule has 0 spiro atoms. The molecule has 2 aromatic carbocycles. The van der Waals surface area contributed by atoms with Crippen molar-refractivity contribution in [1.29, 1.82) is 0 Å². The molecule has 0 amide bonds. The number of ether oxygens (including phenoxy) is 1. The summed E-state index contributed by atoms with van der Waals surface area (Å²) >= 11 is 0. The van der Waals surface area contributed by atoms with Crippen LogP contribution in [-0.2, 0) is 6.54 Å². The van der Waals surface area contributed by atoms with Crippen LogP contribution in [0.5, 0.6) is 5.75 Å². The van der Waals surface area contributed by atoms with Gasteiger partial charge in [-0.15, -0.1) is 0 Å². The molecule has 0 atom stereocenters. The number of benzene rings is 2. The first-order valence-corrected chi connectivity index (χ1v) is 5.75. The molecule has 3 nitrogen and oxygen atoms in total. The van der Waals surface area contributed by atoms with Gasteiger partial charge in [-0.1, -0.05) is 30.3 Å². The minimum atomic E-state index is 0.0336. The first-order chi connectivity index (χ1) is 8.36. The lowest BCUT2D eigenvalue weighted by molar-refractivity contribution is 0.200. The highest BCUT2D eigenvalue weighted by Gasteiger charge is 2.07. The molecule has 2 rings (SSSR count). The van der Waals surface area contributed by atoms with E-state index < -0.39 is 0 Å². The Morgan fingerprint density at radius 1 is 1.18 bits per heavy atom. The minimum Gasteiger partial charge on any atom is -0.491 e. The zero-order valence-corrected chi connectivity index (χ0v) is 9.94. The molecule has 17 heavy (non-hydrogen) atoms. The first kappa shape index (κ1) is 11.9. The van der Waals surface area contributed by atoms with Gasteiger partial charge in [0.2, 0.25) is 0 Å². The molecule has 0 saturated carbocycles. The summed E-state index contributed by atoms with van der Waals surface area (Å²) in [6, 6.07) is 12.2. The van der Waals surface area contributed by atoms with Crippen molar-refractivity contribution in [1.82, 2.24) is 5.32 Å². The van der Waals surface area contributed by atoms with Gasteiger partial charge in [0.25, 0.3) is 0 Å². The van der Waals surface area contributed by atoms with E-state index in [1.165, 1.54) is 10.8 Å². The molecule has 0 aliphatic heterocycles. The molecule has 0 saturated heterocycles. The average Bonchev–Trinajstić information content (AvgIpc) is 2.38. The Labute approximate surface area is 101 Å². The van der Waals surface area contributed by atoms with E-state index in [0.717, 1.165) is 17.9 Å². The minimum absolute atomic E-state index is 0.0336. The summed E-state index contributed by atoms with van der Waals surface area (Å²) in [5, 5.41) is 14.4. The van der Waals surface area contributed by atoms with Crippen LogP contribution in [0, 0.1) is 0 Å². The highest BCUT2D eigenvalue weighted by molar-refractivity contribution is 5.87. The van der Waals surface area contributed by atoms with Crippen molar-refractivity contribution >= 4 is 10.8 Å². The molecule has 3 heteroatoms. The maximum atomic E-state index is 8.82. The van der Waals surface area contributed by atoms with Crippen molar-refractivity contribution in [2.75, 3.05) is 20.3 Å². The Bertz CT molecular complexity index is 497. The van der Waals surface area contributed by atoms with Gasteiger partial charge in [0.15, 0.2) is 0 Å². The van der Waals surface area contributed by atoms with Crippen molar-refractivity contribution in [3.05, 3.63) is 42.0 Å². The summed E-state index contributed by atoms with van der Waals surface area (Å²) in [6.07, 6.45) is 0. The van der Waals surface area contributed by atoms with Crippen LogP contribution in [0.25, 0.3) is 10.8 Å². The summed E-state index contributed by atoms with van der Waals surface area (Å²) in [4.78, 5) is 0. The third-order valence-corrected chi connectivity index (χ3v) is 2.70. The summed E-state index contributed by atoms with van der Waals surface area (Å²) in [5.74, 6) is 0.840. The summed E-state index contributed by atoms with van der Waals surface area (Å²) in [6.45, 7) is 1.11. The molecule has 0 aliphatic carbocycles. The van der Waals surface area contributed by atoms with E-state index in [9.17, 15) is 0 Å². The lowest BCUT2D eigenvalue weighted by Crippen LogP contribution is -2.10. The van der Waals surface area contributed by atoms with Crippen LogP contribution in [0.4, 0.5) is 0 Å². The van der Waals surface area contributed by atoms with Crippen LogP contribution in [-0.4, -0.2) is 25.4 Å². The van der Waals surface area contributed by atoms with Gasteiger partial charge in [-0.2, -0.15) is 0 Å². The fraction of sp³-hybridized carbons (Fsp3) is 0.286. The van der Waals surface area contributed by atoms with Crippen LogP contribution in [0.1, 0.15) is 5.56 Å². The molecule has 2 N–H and O–H groups in total. The largest absolute Gasteiger partial charge is 0.491 e. The number of aliphatic hydroxyl groups excluding tert-OH is 1. The zero-order valence-electron chi connectivity index (χ0n) is 9.94. The second kappa shape index (κ2) is 5.66. The third-order valence-electron chi connectivity index (χ3n) is 2.70. The van der Waals surface area contributed by atoms with Crippen LogP contribution in [0.2, 0.25) is 0 Å². The predicted octanol–water partition coefficient (Wildman–Crippen LogP) is 1.93. The molecular weight excluding hydrogens is 214 g/mol. The first-order valence-electron chi connectivity index (χ1n) is 5.75. The van der Waals surface area contributed by atoms with Crippen molar-refractivity contribution in [2.24, 2.45) is 0 Å². The van der Waals surface area contributed by atoms with Gasteiger partial charge >= 0.3 is 0 Å². The monoisotopic (exact) mass is 231 g/mol. The van der Waals surface area contributed by atoms with Crippen LogP contribution in [0.15, 0.2) is 36.4 Å². The fourth-order valence-electron chi connectivity index (χ4n) is 1.97. The van der Waals surface area contributed by atoms with Crippen molar-refractivity contribution in [3.63, 3.8) is 0 Å². The van der Waals surface area contributed by atoms with Crippen LogP contribution < -0.4 is 10.1 Å². The second-order valence-electron chi connectivity index (χ2n) is 3.87. The molecule has 0 heterocycles. The van der Waals surface area contributed by atoms with Gasteiger partial charge in [0.1, 0.15) is 12.4 Å². The van der Waals surface area contributed by atoms with E-state index in [4.69, 9.17) is 9.84 Å². The van der Waals surface area contributed by atoms with Crippen molar-refractivity contribution in [3.8, 4) is 5.75 Å². The Morgan fingerprint density at radius 2 is 2.00 bits per heavy atom. The number of rotatable bonds is 5. The van der Waals surface area contributed by atoms with Gasteiger partial charge in [0, 0.05) is 12.1 Å². The maximum absolute atomic E-state index is 8.82. The predicted molar refractivity (Wildman–Crippen MR) is 69.3 cm³/mol. The lowest BCUT2D eigenvalue weighted by atomic mass is 10.0. The topological polar surface area (TPSA) is 41.5 Å². The van der Waals surface area contributed by atoms with Gasteiger partial charge in [-0.25, -0.2) is 0 Å². The normalized spacial score (nSPS) is 10.7. The molecule has 90 valence electrons. The van der Waals surface area contributed by atoms with Crippen LogP contribution >= 0.6 is 0 Å². The molecule has 0 aromatic heterocycles. The van der Waals surface area contributed by atoms with Gasteiger partial charge in [-0.05, 0) is 23.9 Å². The Hall–Kier alpha value is -1.58. The Kier molecular flexibility index (Phi) is 3.96. The molecule has 0 aliphatic rings. The lowest BCUT2D eigenvalue weighted by Gasteiger charge is -2.13. The molecular formula is C14H17NO2. The fourth-order valence-corrected chi connectivity index (χ4v) is 1.97. The van der Waals surface area contributed by atoms with E-state index >= 15 is 0 Å². The number of hydrogen-bond acceptors (Lipinski definition) is 3. The standard InChI is InChI=1S/C14H17NO2/c1-15-10-13-12-5-3-2-4-11(12)6-7-14(13)17-9-8-16/h2-7,15-16H,8-10H2,1H3. The van der Waals surface area contributed by atoms with E-state index in [1.807, 2.05) is 31.3 Å². The smallest absolute Gasteiger partial charge is 0.124 e. The highest BCUT2D eigenvalue weighted by Crippen LogP contribution is 2.27. The number of aliphatic hydroxyl groups is 1.